The summed E-state index contributed by atoms with van der Waals surface area (Å²) in [6.45, 7) is 2.25. The van der Waals surface area contributed by atoms with Gasteiger partial charge in [0.2, 0.25) is 0 Å². The third kappa shape index (κ3) is 1.52. The Labute approximate surface area is 135 Å². The number of esters is 1. The van der Waals surface area contributed by atoms with E-state index in [0.29, 0.717) is 6.04 Å². The van der Waals surface area contributed by atoms with Crippen LogP contribution in [-0.2, 0) is 14.9 Å². The first-order valence-electron chi connectivity index (χ1n) is 8.40. The van der Waals surface area contributed by atoms with E-state index in [1.807, 2.05) is 0 Å². The minimum Gasteiger partial charge on any atom is -0.465 e. The smallest absolute Gasteiger partial charge is 0.339 e. The molecule has 0 radical (unpaired) electrons. The van der Waals surface area contributed by atoms with Crippen molar-refractivity contribution in [3.63, 3.8) is 0 Å². The number of carbonyl (C=O) groups excluding carboxylic acids is 1. The van der Waals surface area contributed by atoms with E-state index in [-0.39, 0.29) is 11.4 Å². The van der Waals surface area contributed by atoms with Crippen LogP contribution in [0.4, 0.5) is 5.69 Å². The maximum absolute atomic E-state index is 12.4. The molecule has 2 saturated heterocycles. The normalized spacial score (nSPS) is 31.0. The lowest BCUT2D eigenvalue weighted by Crippen LogP contribution is -2.49. The van der Waals surface area contributed by atoms with Crippen molar-refractivity contribution in [3.05, 3.63) is 52.7 Å². The summed E-state index contributed by atoms with van der Waals surface area (Å²) in [5.41, 5.74) is 5.58. The first-order chi connectivity index (χ1) is 11.3. The van der Waals surface area contributed by atoms with Gasteiger partial charge < -0.3 is 10.1 Å². The van der Waals surface area contributed by atoms with Crippen molar-refractivity contribution < 1.29 is 9.53 Å². The third-order valence-corrected chi connectivity index (χ3v) is 6.01. The molecule has 0 bridgehead atoms. The number of rotatable bonds is 1. The van der Waals surface area contributed by atoms with Crippen LogP contribution in [0.5, 0.6) is 0 Å². The Bertz CT molecular complexity index is 779. The number of anilines is 1. The zero-order valence-electron chi connectivity index (χ0n) is 13.3. The van der Waals surface area contributed by atoms with Crippen molar-refractivity contribution in [1.29, 1.82) is 0 Å². The molecule has 1 aliphatic carbocycles. The highest BCUT2D eigenvalue weighted by molar-refractivity contribution is 5.96. The molecular formula is C19H20N2O2. The van der Waals surface area contributed by atoms with E-state index in [1.165, 1.54) is 24.7 Å². The molecule has 1 spiro atoms. The van der Waals surface area contributed by atoms with Crippen LogP contribution < -0.4 is 5.32 Å². The summed E-state index contributed by atoms with van der Waals surface area (Å²) >= 11 is 0. The van der Waals surface area contributed by atoms with Crippen LogP contribution >= 0.6 is 0 Å². The molecule has 1 N–H and O–H groups in total. The van der Waals surface area contributed by atoms with Gasteiger partial charge in [-0.2, -0.15) is 0 Å². The van der Waals surface area contributed by atoms with Crippen LogP contribution in [0.2, 0.25) is 0 Å². The number of benzene rings is 1. The van der Waals surface area contributed by atoms with E-state index in [2.05, 4.69) is 40.6 Å². The SMILES string of the molecule is COC(=O)C1=C2Nc3ccccc3[C@@]23CCN2CCCC(=C1)[C@H]23. The van der Waals surface area contributed by atoms with Gasteiger partial charge in [-0.15, -0.1) is 0 Å². The maximum Gasteiger partial charge on any atom is 0.339 e. The van der Waals surface area contributed by atoms with Crippen molar-refractivity contribution in [2.24, 2.45) is 0 Å². The number of fused-ring (bicyclic) bond motifs is 1. The summed E-state index contributed by atoms with van der Waals surface area (Å²) in [5, 5.41) is 3.56. The Hall–Kier alpha value is -2.07. The molecule has 0 aromatic heterocycles. The van der Waals surface area contributed by atoms with Gasteiger partial charge in [0.25, 0.3) is 0 Å². The van der Waals surface area contributed by atoms with Gasteiger partial charge in [0.05, 0.1) is 18.1 Å². The summed E-state index contributed by atoms with van der Waals surface area (Å²) in [7, 11) is 1.47. The third-order valence-electron chi connectivity index (χ3n) is 6.01. The number of nitrogens with one attached hydrogen (secondary N) is 1. The van der Waals surface area contributed by atoms with Gasteiger partial charge in [-0.25, -0.2) is 4.79 Å². The molecule has 2 atom stereocenters. The van der Waals surface area contributed by atoms with Gasteiger partial charge in [-0.3, -0.25) is 4.90 Å². The quantitative estimate of drug-likeness (QED) is 0.810. The number of hydrogen-bond acceptors (Lipinski definition) is 4. The van der Waals surface area contributed by atoms with E-state index >= 15 is 0 Å². The largest absolute Gasteiger partial charge is 0.465 e. The van der Waals surface area contributed by atoms with Crippen LogP contribution in [0.15, 0.2) is 47.2 Å². The highest BCUT2D eigenvalue weighted by Gasteiger charge is 2.59. The summed E-state index contributed by atoms with van der Waals surface area (Å²) < 4.78 is 5.08. The minimum atomic E-state index is -0.227. The lowest BCUT2D eigenvalue weighted by Gasteiger charge is -2.44. The molecule has 0 saturated carbocycles. The molecular weight excluding hydrogens is 288 g/mol. The fourth-order valence-corrected chi connectivity index (χ4v) is 5.21. The summed E-state index contributed by atoms with van der Waals surface area (Å²) in [5.74, 6) is -0.227. The average molecular weight is 308 g/mol. The zero-order chi connectivity index (χ0) is 15.6. The van der Waals surface area contributed by atoms with Gasteiger partial charge in [0.1, 0.15) is 0 Å². The molecule has 3 heterocycles. The number of methoxy groups -OCH3 is 1. The second kappa shape index (κ2) is 4.48. The number of ether oxygens (including phenoxy) is 1. The molecule has 118 valence electrons. The van der Waals surface area contributed by atoms with Crippen molar-refractivity contribution in [3.8, 4) is 0 Å². The van der Waals surface area contributed by atoms with Gasteiger partial charge in [-0.05, 0) is 43.5 Å². The van der Waals surface area contributed by atoms with E-state index < -0.39 is 0 Å². The summed E-state index contributed by atoms with van der Waals surface area (Å²) in [6.07, 6.45) is 5.42. The monoisotopic (exact) mass is 308 g/mol. The summed E-state index contributed by atoms with van der Waals surface area (Å²) in [6, 6.07) is 8.91. The molecule has 1 aromatic rings. The standard InChI is InChI=1S/C19H20N2O2/c1-23-18(22)13-11-12-5-4-9-21-10-8-19(17(12)21)14-6-2-3-7-15(14)20-16(13)19/h2-3,6-7,11,17,20H,4-5,8-10H2,1H3/t17-,19-/m0/s1. The highest BCUT2D eigenvalue weighted by atomic mass is 16.5. The molecule has 0 amide bonds. The molecule has 4 heteroatoms. The highest BCUT2D eigenvalue weighted by Crippen LogP contribution is 2.58. The Kier molecular flexibility index (Phi) is 2.61. The van der Waals surface area contributed by atoms with Crippen molar-refractivity contribution in [2.45, 2.75) is 30.7 Å². The number of piperidine rings is 1. The first kappa shape index (κ1) is 13.4. The van der Waals surface area contributed by atoms with Crippen molar-refractivity contribution in [2.75, 3.05) is 25.5 Å². The second-order valence-electron chi connectivity index (χ2n) is 6.93. The number of nitrogens with zero attached hydrogens (tertiary/aromatic N) is 1. The fraction of sp³-hybridized carbons (Fsp3) is 0.421. The van der Waals surface area contributed by atoms with Gasteiger partial charge >= 0.3 is 5.97 Å². The van der Waals surface area contributed by atoms with E-state index in [0.717, 1.165) is 42.9 Å². The van der Waals surface area contributed by atoms with E-state index in [1.54, 1.807) is 0 Å². The predicted molar refractivity (Wildman–Crippen MR) is 88.1 cm³/mol. The van der Waals surface area contributed by atoms with E-state index in [4.69, 9.17) is 4.74 Å². The van der Waals surface area contributed by atoms with Gasteiger partial charge in [0.15, 0.2) is 0 Å². The van der Waals surface area contributed by atoms with E-state index in [9.17, 15) is 4.79 Å². The predicted octanol–water partition coefficient (Wildman–Crippen LogP) is 2.59. The Balaban J connectivity index is 1.80. The van der Waals surface area contributed by atoms with Crippen LogP contribution in [0.1, 0.15) is 24.8 Å². The van der Waals surface area contributed by atoms with Gasteiger partial charge in [-0.1, -0.05) is 23.8 Å². The second-order valence-corrected chi connectivity index (χ2v) is 6.93. The summed E-state index contributed by atoms with van der Waals surface area (Å²) in [4.78, 5) is 15.0. The van der Waals surface area contributed by atoms with Crippen LogP contribution in [0.25, 0.3) is 0 Å². The molecule has 4 nitrogen and oxygen atoms in total. The number of carbonyl (C=O) groups is 1. The Morgan fingerprint density at radius 2 is 2.22 bits per heavy atom. The average Bonchev–Trinajstić information content (AvgIpc) is 3.14. The molecule has 4 aliphatic rings. The first-order valence-corrected chi connectivity index (χ1v) is 8.40. The molecule has 23 heavy (non-hydrogen) atoms. The molecule has 0 unspecified atom stereocenters. The van der Waals surface area contributed by atoms with Crippen LogP contribution in [-0.4, -0.2) is 37.1 Å². The number of para-hydroxylation sites is 1. The van der Waals surface area contributed by atoms with Gasteiger partial charge in [0, 0.05) is 24.0 Å². The number of hydrogen-bond donors (Lipinski definition) is 1. The molecule has 5 rings (SSSR count). The minimum absolute atomic E-state index is 0.0926. The lowest BCUT2D eigenvalue weighted by atomic mass is 9.66. The van der Waals surface area contributed by atoms with Crippen molar-refractivity contribution >= 4 is 11.7 Å². The Morgan fingerprint density at radius 3 is 3.09 bits per heavy atom. The van der Waals surface area contributed by atoms with Crippen LogP contribution in [0, 0.1) is 0 Å². The zero-order valence-corrected chi connectivity index (χ0v) is 13.3. The maximum atomic E-state index is 12.4. The van der Waals surface area contributed by atoms with Crippen molar-refractivity contribution in [1.82, 2.24) is 4.90 Å². The topological polar surface area (TPSA) is 41.6 Å². The molecule has 1 aromatic carbocycles. The molecule has 3 aliphatic heterocycles. The molecule has 2 fully saturated rings. The Morgan fingerprint density at radius 1 is 1.35 bits per heavy atom. The fourth-order valence-electron chi connectivity index (χ4n) is 5.21. The lowest BCUT2D eigenvalue weighted by molar-refractivity contribution is -0.135. The van der Waals surface area contributed by atoms with Crippen LogP contribution in [0.3, 0.4) is 0 Å².